The SMILES string of the molecule is CC(=O)n1ccc(-c2ccc3c(c2)ncn3-c2ccc(OCCO)cc2)c1. The van der Waals surface area contributed by atoms with E-state index in [0.717, 1.165) is 33.6 Å². The number of carbonyl (C=O) groups excluding carboxylic acids is 1. The van der Waals surface area contributed by atoms with E-state index in [9.17, 15) is 4.79 Å². The molecule has 4 rings (SSSR count). The zero-order valence-electron chi connectivity index (χ0n) is 14.9. The number of hydrogen-bond acceptors (Lipinski definition) is 4. The van der Waals surface area contributed by atoms with Crippen LogP contribution >= 0.6 is 0 Å². The van der Waals surface area contributed by atoms with Crippen molar-refractivity contribution in [3.8, 4) is 22.6 Å². The van der Waals surface area contributed by atoms with Crippen LogP contribution in [-0.4, -0.2) is 38.3 Å². The Balaban J connectivity index is 1.65. The van der Waals surface area contributed by atoms with Crippen molar-refractivity contribution in [2.24, 2.45) is 0 Å². The zero-order chi connectivity index (χ0) is 18.8. The van der Waals surface area contributed by atoms with Gasteiger partial charge in [0.05, 0.1) is 17.6 Å². The third-order valence-corrected chi connectivity index (χ3v) is 4.41. The lowest BCUT2D eigenvalue weighted by Gasteiger charge is -2.07. The van der Waals surface area contributed by atoms with Gasteiger partial charge in [0, 0.05) is 25.0 Å². The molecule has 0 bridgehead atoms. The number of aromatic nitrogens is 3. The minimum absolute atomic E-state index is 0.00789. The molecule has 0 radical (unpaired) electrons. The van der Waals surface area contributed by atoms with Gasteiger partial charge >= 0.3 is 0 Å². The van der Waals surface area contributed by atoms with Crippen LogP contribution in [0.5, 0.6) is 5.75 Å². The number of aliphatic hydroxyl groups excluding tert-OH is 1. The third kappa shape index (κ3) is 3.35. The van der Waals surface area contributed by atoms with E-state index in [1.807, 2.05) is 59.3 Å². The predicted octanol–water partition coefficient (Wildman–Crippen LogP) is 3.53. The van der Waals surface area contributed by atoms with Crippen LogP contribution in [-0.2, 0) is 0 Å². The van der Waals surface area contributed by atoms with Crippen LogP contribution in [0.1, 0.15) is 11.7 Å². The molecule has 0 saturated heterocycles. The van der Waals surface area contributed by atoms with E-state index < -0.39 is 0 Å². The maximum atomic E-state index is 11.5. The Hall–Kier alpha value is -3.38. The molecule has 0 atom stereocenters. The highest BCUT2D eigenvalue weighted by molar-refractivity contribution is 5.84. The monoisotopic (exact) mass is 361 g/mol. The summed E-state index contributed by atoms with van der Waals surface area (Å²) in [4.78, 5) is 16.0. The lowest BCUT2D eigenvalue weighted by molar-refractivity contribution is 0.0937. The maximum Gasteiger partial charge on any atom is 0.227 e. The molecule has 6 heteroatoms. The maximum absolute atomic E-state index is 11.5. The first-order valence-electron chi connectivity index (χ1n) is 8.66. The molecular weight excluding hydrogens is 342 g/mol. The van der Waals surface area contributed by atoms with Gasteiger partial charge in [-0.2, -0.15) is 0 Å². The standard InChI is InChI=1S/C21H19N3O3/c1-15(26)23-9-8-17(13-23)16-2-7-21-20(12-16)22-14-24(21)18-3-5-19(6-4-18)27-11-10-25/h2-9,12-14,25H,10-11H2,1H3. The van der Waals surface area contributed by atoms with Crippen LogP contribution in [0.15, 0.2) is 67.3 Å². The van der Waals surface area contributed by atoms with Gasteiger partial charge in [-0.15, -0.1) is 0 Å². The molecule has 0 aliphatic carbocycles. The third-order valence-electron chi connectivity index (χ3n) is 4.41. The van der Waals surface area contributed by atoms with Crippen LogP contribution in [0.2, 0.25) is 0 Å². The van der Waals surface area contributed by atoms with E-state index in [0.29, 0.717) is 0 Å². The number of ether oxygens (including phenoxy) is 1. The van der Waals surface area contributed by atoms with Crippen LogP contribution < -0.4 is 4.74 Å². The Morgan fingerprint density at radius 3 is 2.63 bits per heavy atom. The molecule has 27 heavy (non-hydrogen) atoms. The molecule has 2 aromatic heterocycles. The van der Waals surface area contributed by atoms with E-state index in [1.165, 1.54) is 6.92 Å². The molecule has 2 aromatic carbocycles. The Morgan fingerprint density at radius 1 is 1.11 bits per heavy atom. The summed E-state index contributed by atoms with van der Waals surface area (Å²) in [6, 6.07) is 15.6. The van der Waals surface area contributed by atoms with Gasteiger partial charge < -0.3 is 9.84 Å². The fourth-order valence-corrected chi connectivity index (χ4v) is 3.03. The molecule has 2 heterocycles. The van der Waals surface area contributed by atoms with Gasteiger partial charge in [0.15, 0.2) is 0 Å². The molecule has 0 saturated carbocycles. The van der Waals surface area contributed by atoms with Gasteiger partial charge in [0.2, 0.25) is 5.91 Å². The Labute approximate surface area is 156 Å². The molecule has 0 aliphatic heterocycles. The van der Waals surface area contributed by atoms with E-state index in [4.69, 9.17) is 9.84 Å². The number of rotatable bonds is 5. The second kappa shape index (κ2) is 7.09. The summed E-state index contributed by atoms with van der Waals surface area (Å²) in [5.74, 6) is 0.701. The van der Waals surface area contributed by atoms with E-state index >= 15 is 0 Å². The second-order valence-electron chi connectivity index (χ2n) is 6.21. The first-order chi connectivity index (χ1) is 13.2. The number of carbonyl (C=O) groups is 1. The first kappa shape index (κ1) is 17.1. The Morgan fingerprint density at radius 2 is 1.93 bits per heavy atom. The highest BCUT2D eigenvalue weighted by atomic mass is 16.5. The van der Waals surface area contributed by atoms with Crippen LogP contribution in [0.25, 0.3) is 27.8 Å². The molecular formula is C21H19N3O3. The fourth-order valence-electron chi connectivity index (χ4n) is 3.03. The minimum atomic E-state index is -0.0157. The van der Waals surface area contributed by atoms with Gasteiger partial charge in [-0.1, -0.05) is 6.07 Å². The molecule has 1 N–H and O–H groups in total. The van der Waals surface area contributed by atoms with Crippen LogP contribution in [0.4, 0.5) is 0 Å². The van der Waals surface area contributed by atoms with E-state index in [2.05, 4.69) is 4.98 Å². The number of benzene rings is 2. The summed E-state index contributed by atoms with van der Waals surface area (Å²) in [6.45, 7) is 1.81. The fraction of sp³-hybridized carbons (Fsp3) is 0.143. The van der Waals surface area contributed by atoms with Crippen LogP contribution in [0, 0.1) is 0 Å². The second-order valence-corrected chi connectivity index (χ2v) is 6.21. The van der Waals surface area contributed by atoms with E-state index in [-0.39, 0.29) is 19.1 Å². The Kier molecular flexibility index (Phi) is 4.48. The summed E-state index contributed by atoms with van der Waals surface area (Å²) < 4.78 is 8.98. The summed E-state index contributed by atoms with van der Waals surface area (Å²) in [5.41, 5.74) is 4.84. The van der Waals surface area contributed by atoms with Gasteiger partial charge in [-0.05, 0) is 53.6 Å². The number of hydrogen-bond donors (Lipinski definition) is 1. The highest BCUT2D eigenvalue weighted by Gasteiger charge is 2.08. The lowest BCUT2D eigenvalue weighted by Crippen LogP contribution is -2.01. The van der Waals surface area contributed by atoms with Crippen molar-refractivity contribution in [3.05, 3.63) is 67.3 Å². The number of fused-ring (bicyclic) bond motifs is 1. The summed E-state index contributed by atoms with van der Waals surface area (Å²) in [7, 11) is 0. The van der Waals surface area contributed by atoms with Crippen molar-refractivity contribution in [2.75, 3.05) is 13.2 Å². The zero-order valence-corrected chi connectivity index (χ0v) is 14.9. The quantitative estimate of drug-likeness (QED) is 0.590. The minimum Gasteiger partial charge on any atom is -0.491 e. The average molecular weight is 361 g/mol. The molecule has 6 nitrogen and oxygen atoms in total. The first-order valence-corrected chi connectivity index (χ1v) is 8.66. The normalized spacial score (nSPS) is 11.0. The van der Waals surface area contributed by atoms with Gasteiger partial charge in [-0.3, -0.25) is 13.9 Å². The summed E-state index contributed by atoms with van der Waals surface area (Å²) in [6.07, 6.45) is 5.38. The van der Waals surface area contributed by atoms with Gasteiger partial charge in [-0.25, -0.2) is 4.98 Å². The summed E-state index contributed by atoms with van der Waals surface area (Å²) >= 11 is 0. The Bertz CT molecular complexity index is 1090. The van der Waals surface area contributed by atoms with Crippen molar-refractivity contribution in [1.29, 1.82) is 0 Å². The van der Waals surface area contributed by atoms with Crippen molar-refractivity contribution in [1.82, 2.24) is 14.1 Å². The number of aliphatic hydroxyl groups is 1. The van der Waals surface area contributed by atoms with E-state index in [1.54, 1.807) is 17.1 Å². The average Bonchev–Trinajstić information content (AvgIpc) is 3.33. The molecule has 0 amide bonds. The predicted molar refractivity (Wildman–Crippen MR) is 103 cm³/mol. The highest BCUT2D eigenvalue weighted by Crippen LogP contribution is 2.26. The van der Waals surface area contributed by atoms with Crippen molar-refractivity contribution in [3.63, 3.8) is 0 Å². The molecule has 0 aliphatic rings. The van der Waals surface area contributed by atoms with Crippen molar-refractivity contribution >= 4 is 16.9 Å². The number of imidazole rings is 1. The molecule has 0 spiro atoms. The lowest BCUT2D eigenvalue weighted by atomic mass is 10.1. The van der Waals surface area contributed by atoms with Gasteiger partial charge in [0.25, 0.3) is 0 Å². The van der Waals surface area contributed by atoms with Crippen LogP contribution in [0.3, 0.4) is 0 Å². The smallest absolute Gasteiger partial charge is 0.227 e. The van der Waals surface area contributed by atoms with Gasteiger partial charge in [0.1, 0.15) is 18.7 Å². The largest absolute Gasteiger partial charge is 0.491 e. The molecule has 4 aromatic rings. The van der Waals surface area contributed by atoms with Crippen molar-refractivity contribution in [2.45, 2.75) is 6.92 Å². The summed E-state index contributed by atoms with van der Waals surface area (Å²) in [5, 5.41) is 8.83. The molecule has 0 unspecified atom stereocenters. The topological polar surface area (TPSA) is 69.3 Å². The number of nitrogens with zero attached hydrogens (tertiary/aromatic N) is 3. The molecule has 0 fully saturated rings. The molecule has 136 valence electrons. The van der Waals surface area contributed by atoms with Crippen molar-refractivity contribution < 1.29 is 14.6 Å².